The SMILES string of the molecule is COCCCC1COC(C2CCC(C3CCC(c4ccc(F)c(F)c4)CC3)CC2)OC1. The highest BCUT2D eigenvalue weighted by Gasteiger charge is 2.36. The van der Waals surface area contributed by atoms with Gasteiger partial charge in [0.2, 0.25) is 0 Å². The van der Waals surface area contributed by atoms with Crippen molar-refractivity contribution in [3.63, 3.8) is 0 Å². The normalized spacial score (nSPS) is 34.5. The van der Waals surface area contributed by atoms with E-state index in [-0.39, 0.29) is 6.29 Å². The van der Waals surface area contributed by atoms with Gasteiger partial charge in [0.15, 0.2) is 17.9 Å². The van der Waals surface area contributed by atoms with E-state index in [0.29, 0.717) is 17.8 Å². The van der Waals surface area contributed by atoms with Gasteiger partial charge in [-0.1, -0.05) is 6.07 Å². The Balaban J connectivity index is 1.17. The van der Waals surface area contributed by atoms with Crippen molar-refractivity contribution < 1.29 is 23.0 Å². The lowest BCUT2D eigenvalue weighted by molar-refractivity contribution is -0.230. The Bertz CT molecular complexity index is 673. The monoisotopic (exact) mass is 436 g/mol. The standard InChI is InChI=1S/C26H38F2O3/c1-29-14-2-3-18-16-30-26(31-17-18)22-10-8-20(9-11-22)19-4-6-21(7-5-19)23-12-13-24(27)25(28)15-23/h12-13,15,18-22,26H,2-11,14,16-17H2,1H3. The molecule has 1 saturated heterocycles. The number of halogens is 2. The van der Waals surface area contributed by atoms with Gasteiger partial charge in [-0.05, 0) is 99.7 Å². The summed E-state index contributed by atoms with van der Waals surface area (Å²) in [6.07, 6.45) is 11.7. The molecule has 2 saturated carbocycles. The topological polar surface area (TPSA) is 27.7 Å². The van der Waals surface area contributed by atoms with Crippen LogP contribution in [0.15, 0.2) is 18.2 Å². The van der Waals surface area contributed by atoms with Crippen molar-refractivity contribution in [1.82, 2.24) is 0 Å². The van der Waals surface area contributed by atoms with E-state index in [4.69, 9.17) is 14.2 Å². The molecule has 3 fully saturated rings. The molecule has 0 atom stereocenters. The van der Waals surface area contributed by atoms with Crippen LogP contribution in [0.4, 0.5) is 8.78 Å². The van der Waals surface area contributed by atoms with Gasteiger partial charge in [-0.25, -0.2) is 8.78 Å². The van der Waals surface area contributed by atoms with Crippen LogP contribution in [-0.4, -0.2) is 33.2 Å². The summed E-state index contributed by atoms with van der Waals surface area (Å²) >= 11 is 0. The van der Waals surface area contributed by atoms with Crippen LogP contribution in [0.3, 0.4) is 0 Å². The number of benzene rings is 1. The zero-order valence-electron chi connectivity index (χ0n) is 18.9. The van der Waals surface area contributed by atoms with Crippen LogP contribution in [0.1, 0.15) is 75.7 Å². The largest absolute Gasteiger partial charge is 0.385 e. The van der Waals surface area contributed by atoms with Gasteiger partial charge in [-0.2, -0.15) is 0 Å². The molecule has 0 unspecified atom stereocenters. The van der Waals surface area contributed by atoms with Crippen molar-refractivity contribution in [2.24, 2.45) is 23.7 Å². The molecule has 1 heterocycles. The fourth-order valence-corrected chi connectivity index (χ4v) is 6.09. The van der Waals surface area contributed by atoms with Crippen molar-refractivity contribution in [3.8, 4) is 0 Å². The van der Waals surface area contributed by atoms with E-state index in [1.807, 2.05) is 0 Å². The summed E-state index contributed by atoms with van der Waals surface area (Å²) in [7, 11) is 1.75. The third-order valence-electron chi connectivity index (χ3n) is 8.01. The second kappa shape index (κ2) is 11.2. The van der Waals surface area contributed by atoms with Crippen LogP contribution in [0.5, 0.6) is 0 Å². The van der Waals surface area contributed by atoms with E-state index in [2.05, 4.69) is 0 Å². The van der Waals surface area contributed by atoms with E-state index >= 15 is 0 Å². The second-order valence-electron chi connectivity index (χ2n) is 10.00. The van der Waals surface area contributed by atoms with Gasteiger partial charge in [-0.3, -0.25) is 0 Å². The number of ether oxygens (including phenoxy) is 3. The number of methoxy groups -OCH3 is 1. The Morgan fingerprint density at radius 2 is 1.45 bits per heavy atom. The first-order valence-corrected chi connectivity index (χ1v) is 12.3. The van der Waals surface area contributed by atoms with Crippen LogP contribution in [0.25, 0.3) is 0 Å². The van der Waals surface area contributed by atoms with Crippen molar-refractivity contribution in [2.45, 2.75) is 76.4 Å². The zero-order chi connectivity index (χ0) is 21.6. The summed E-state index contributed by atoms with van der Waals surface area (Å²) in [5.41, 5.74) is 0.966. The third kappa shape index (κ3) is 6.06. The Kier molecular flexibility index (Phi) is 8.36. The van der Waals surface area contributed by atoms with Crippen molar-refractivity contribution >= 4 is 0 Å². The van der Waals surface area contributed by atoms with Gasteiger partial charge in [0, 0.05) is 25.6 Å². The van der Waals surface area contributed by atoms with Gasteiger partial charge in [0.05, 0.1) is 13.2 Å². The molecule has 0 amide bonds. The summed E-state index contributed by atoms with van der Waals surface area (Å²) in [6, 6.07) is 4.44. The molecule has 31 heavy (non-hydrogen) atoms. The van der Waals surface area contributed by atoms with Crippen molar-refractivity contribution in [3.05, 3.63) is 35.4 Å². The molecule has 1 aromatic rings. The van der Waals surface area contributed by atoms with E-state index in [0.717, 1.165) is 62.9 Å². The molecule has 5 heteroatoms. The highest BCUT2D eigenvalue weighted by molar-refractivity contribution is 5.22. The predicted octanol–water partition coefficient (Wildman–Crippen LogP) is 6.46. The highest BCUT2D eigenvalue weighted by Crippen LogP contribution is 2.45. The van der Waals surface area contributed by atoms with Gasteiger partial charge < -0.3 is 14.2 Å². The molecule has 4 rings (SSSR count). The second-order valence-corrected chi connectivity index (χ2v) is 10.00. The molecular weight excluding hydrogens is 398 g/mol. The van der Waals surface area contributed by atoms with Gasteiger partial charge in [0.1, 0.15) is 0 Å². The van der Waals surface area contributed by atoms with Crippen LogP contribution < -0.4 is 0 Å². The molecule has 0 spiro atoms. The molecule has 0 radical (unpaired) electrons. The number of rotatable bonds is 7. The summed E-state index contributed by atoms with van der Waals surface area (Å²) in [4.78, 5) is 0. The fourth-order valence-electron chi connectivity index (χ4n) is 6.09. The third-order valence-corrected chi connectivity index (χ3v) is 8.01. The van der Waals surface area contributed by atoms with Crippen LogP contribution in [-0.2, 0) is 14.2 Å². The molecule has 3 nitrogen and oxygen atoms in total. The van der Waals surface area contributed by atoms with Crippen LogP contribution in [0, 0.1) is 35.3 Å². The average molecular weight is 437 g/mol. The highest BCUT2D eigenvalue weighted by atomic mass is 19.2. The Labute approximate surface area is 185 Å². The predicted molar refractivity (Wildman–Crippen MR) is 117 cm³/mol. The number of hydrogen-bond donors (Lipinski definition) is 0. The molecule has 0 bridgehead atoms. The molecule has 2 aliphatic carbocycles. The van der Waals surface area contributed by atoms with Gasteiger partial charge >= 0.3 is 0 Å². The number of hydrogen-bond acceptors (Lipinski definition) is 3. The quantitative estimate of drug-likeness (QED) is 0.459. The molecule has 1 aromatic carbocycles. The minimum atomic E-state index is -0.748. The molecular formula is C26H38F2O3. The lowest BCUT2D eigenvalue weighted by atomic mass is 9.68. The Morgan fingerprint density at radius 3 is 2.06 bits per heavy atom. The van der Waals surface area contributed by atoms with Crippen LogP contribution in [0.2, 0.25) is 0 Å². The molecule has 174 valence electrons. The maximum Gasteiger partial charge on any atom is 0.160 e. The molecule has 0 N–H and O–H groups in total. The molecule has 3 aliphatic rings. The van der Waals surface area contributed by atoms with E-state index in [1.54, 1.807) is 13.2 Å². The summed E-state index contributed by atoms with van der Waals surface area (Å²) in [5.74, 6) is 1.53. The Hall–Kier alpha value is -1.04. The first-order chi connectivity index (χ1) is 15.1. The van der Waals surface area contributed by atoms with Gasteiger partial charge in [-0.15, -0.1) is 0 Å². The Morgan fingerprint density at radius 1 is 0.839 bits per heavy atom. The summed E-state index contributed by atoms with van der Waals surface area (Å²) < 4.78 is 44.1. The first-order valence-electron chi connectivity index (χ1n) is 12.3. The maximum atomic E-state index is 13.6. The lowest BCUT2D eigenvalue weighted by Crippen LogP contribution is -2.39. The molecule has 0 aromatic heterocycles. The van der Waals surface area contributed by atoms with E-state index < -0.39 is 11.6 Å². The van der Waals surface area contributed by atoms with Gasteiger partial charge in [0.25, 0.3) is 0 Å². The first kappa shape index (κ1) is 23.1. The van der Waals surface area contributed by atoms with Crippen molar-refractivity contribution in [2.75, 3.05) is 26.9 Å². The summed E-state index contributed by atoms with van der Waals surface area (Å²) in [5, 5.41) is 0. The summed E-state index contributed by atoms with van der Waals surface area (Å²) in [6.45, 7) is 2.46. The smallest absolute Gasteiger partial charge is 0.160 e. The molecule has 1 aliphatic heterocycles. The zero-order valence-corrected chi connectivity index (χ0v) is 18.9. The maximum absolute atomic E-state index is 13.6. The van der Waals surface area contributed by atoms with E-state index in [9.17, 15) is 8.78 Å². The lowest BCUT2D eigenvalue weighted by Gasteiger charge is -2.41. The average Bonchev–Trinajstić information content (AvgIpc) is 2.82. The van der Waals surface area contributed by atoms with Crippen LogP contribution >= 0.6 is 0 Å². The fraction of sp³-hybridized carbons (Fsp3) is 0.769. The minimum absolute atomic E-state index is 0.0104. The van der Waals surface area contributed by atoms with Crippen molar-refractivity contribution in [1.29, 1.82) is 0 Å². The van der Waals surface area contributed by atoms with E-state index in [1.165, 1.54) is 50.7 Å². The minimum Gasteiger partial charge on any atom is -0.385 e.